The summed E-state index contributed by atoms with van der Waals surface area (Å²) < 4.78 is 31.2. The summed E-state index contributed by atoms with van der Waals surface area (Å²) in [6.45, 7) is -0.573. The Morgan fingerprint density at radius 3 is 2.62 bits per heavy atom. The molecular formula is C22H18N2O8. The van der Waals surface area contributed by atoms with E-state index in [-0.39, 0.29) is 24.9 Å². The van der Waals surface area contributed by atoms with Gasteiger partial charge < -0.3 is 27.9 Å². The Morgan fingerprint density at radius 2 is 1.81 bits per heavy atom. The standard InChI is InChI=1S/C22H18N2O8/c1-27-14-6-7-16(18(9-14)28-2)22-23-19(32-24-22)11-30-21(26)12-29-15-5-3-13-4-8-20(25)31-17(13)10-15/h3-10H,11-12H2,1-2H3. The van der Waals surface area contributed by atoms with Gasteiger partial charge in [0.2, 0.25) is 5.82 Å². The monoisotopic (exact) mass is 438 g/mol. The molecule has 0 aliphatic rings. The highest BCUT2D eigenvalue weighted by atomic mass is 16.6. The second-order valence-electron chi connectivity index (χ2n) is 6.48. The zero-order chi connectivity index (χ0) is 22.5. The van der Waals surface area contributed by atoms with Crippen LogP contribution in [0.15, 0.2) is 62.3 Å². The van der Waals surface area contributed by atoms with Crippen molar-refractivity contribution in [2.24, 2.45) is 0 Å². The number of methoxy groups -OCH3 is 2. The minimum Gasteiger partial charge on any atom is -0.497 e. The molecule has 4 rings (SSSR count). The summed E-state index contributed by atoms with van der Waals surface area (Å²) in [5.74, 6) is 1.24. The van der Waals surface area contributed by atoms with Gasteiger partial charge in [0.1, 0.15) is 22.8 Å². The van der Waals surface area contributed by atoms with Gasteiger partial charge in [-0.1, -0.05) is 5.16 Å². The summed E-state index contributed by atoms with van der Waals surface area (Å²) in [6, 6.07) is 13.0. The molecule has 0 saturated heterocycles. The molecule has 0 aliphatic carbocycles. The number of esters is 1. The van der Waals surface area contributed by atoms with Crippen LogP contribution >= 0.6 is 0 Å². The molecule has 0 fully saturated rings. The van der Waals surface area contributed by atoms with Gasteiger partial charge in [0.25, 0.3) is 5.89 Å². The predicted molar refractivity (Wildman–Crippen MR) is 111 cm³/mol. The van der Waals surface area contributed by atoms with Crippen molar-refractivity contribution in [2.75, 3.05) is 20.8 Å². The minimum absolute atomic E-state index is 0.110. The Balaban J connectivity index is 1.34. The number of aromatic nitrogens is 2. The molecule has 0 amide bonds. The van der Waals surface area contributed by atoms with Gasteiger partial charge in [-0.15, -0.1) is 0 Å². The number of benzene rings is 2. The summed E-state index contributed by atoms with van der Waals surface area (Å²) in [5, 5.41) is 4.63. The average Bonchev–Trinajstić information content (AvgIpc) is 3.29. The number of rotatable bonds is 8. The Morgan fingerprint density at radius 1 is 1.00 bits per heavy atom. The van der Waals surface area contributed by atoms with E-state index < -0.39 is 11.6 Å². The predicted octanol–water partition coefficient (Wildman–Crippen LogP) is 2.98. The fourth-order valence-corrected chi connectivity index (χ4v) is 2.86. The second kappa shape index (κ2) is 9.21. The maximum Gasteiger partial charge on any atom is 0.344 e. The van der Waals surface area contributed by atoms with Crippen molar-refractivity contribution >= 4 is 16.9 Å². The number of hydrogen-bond acceptors (Lipinski definition) is 10. The Hall–Kier alpha value is -4.34. The third-order valence-corrected chi connectivity index (χ3v) is 4.43. The number of carbonyl (C=O) groups is 1. The normalized spacial score (nSPS) is 10.7. The van der Waals surface area contributed by atoms with E-state index in [1.807, 2.05) is 0 Å². The molecule has 10 heteroatoms. The van der Waals surface area contributed by atoms with Crippen molar-refractivity contribution in [3.05, 3.63) is 64.8 Å². The third-order valence-electron chi connectivity index (χ3n) is 4.43. The van der Waals surface area contributed by atoms with E-state index in [1.54, 1.807) is 43.5 Å². The lowest BCUT2D eigenvalue weighted by molar-refractivity contribution is -0.148. The van der Waals surface area contributed by atoms with E-state index in [0.717, 1.165) is 5.39 Å². The van der Waals surface area contributed by atoms with Gasteiger partial charge in [-0.3, -0.25) is 0 Å². The number of carbonyl (C=O) groups excluding carboxylic acids is 1. The quantitative estimate of drug-likeness (QED) is 0.300. The van der Waals surface area contributed by atoms with Crippen molar-refractivity contribution in [3.63, 3.8) is 0 Å². The highest BCUT2D eigenvalue weighted by Gasteiger charge is 2.16. The minimum atomic E-state index is -0.638. The van der Waals surface area contributed by atoms with Gasteiger partial charge >= 0.3 is 11.6 Å². The summed E-state index contributed by atoms with van der Waals surface area (Å²) in [4.78, 5) is 27.6. The largest absolute Gasteiger partial charge is 0.497 e. The maximum atomic E-state index is 12.0. The summed E-state index contributed by atoms with van der Waals surface area (Å²) in [6.07, 6.45) is 0. The molecule has 0 aliphatic heterocycles. The van der Waals surface area contributed by atoms with Gasteiger partial charge in [-0.25, -0.2) is 9.59 Å². The Kier molecular flexibility index (Phi) is 6.02. The molecular weight excluding hydrogens is 420 g/mol. The zero-order valence-corrected chi connectivity index (χ0v) is 17.2. The van der Waals surface area contributed by atoms with Crippen LogP contribution in [0.25, 0.3) is 22.4 Å². The van der Waals surface area contributed by atoms with Crippen LogP contribution in [-0.4, -0.2) is 36.9 Å². The molecule has 4 aromatic rings. The molecule has 0 radical (unpaired) electrons. The van der Waals surface area contributed by atoms with Gasteiger partial charge in [-0.2, -0.15) is 4.98 Å². The molecule has 0 N–H and O–H groups in total. The Labute approximate surface area is 181 Å². The molecule has 0 saturated carbocycles. The van der Waals surface area contributed by atoms with Crippen LogP contribution in [0.5, 0.6) is 17.2 Å². The fraction of sp³-hybridized carbons (Fsp3) is 0.182. The van der Waals surface area contributed by atoms with Crippen molar-refractivity contribution < 1.29 is 32.7 Å². The molecule has 0 spiro atoms. The van der Waals surface area contributed by atoms with Gasteiger partial charge in [-0.05, 0) is 30.3 Å². The molecule has 0 bridgehead atoms. The summed E-state index contributed by atoms with van der Waals surface area (Å²) in [7, 11) is 3.07. The van der Waals surface area contributed by atoms with E-state index in [9.17, 15) is 9.59 Å². The fourth-order valence-electron chi connectivity index (χ4n) is 2.86. The first-order chi connectivity index (χ1) is 15.6. The van der Waals surface area contributed by atoms with Gasteiger partial charge in [0.05, 0.1) is 19.8 Å². The van der Waals surface area contributed by atoms with E-state index in [2.05, 4.69) is 10.1 Å². The van der Waals surface area contributed by atoms with Gasteiger partial charge in [0, 0.05) is 23.6 Å². The number of ether oxygens (including phenoxy) is 4. The molecule has 32 heavy (non-hydrogen) atoms. The van der Waals surface area contributed by atoms with Crippen LogP contribution in [-0.2, 0) is 16.1 Å². The molecule has 0 unspecified atom stereocenters. The lowest BCUT2D eigenvalue weighted by atomic mass is 10.2. The maximum absolute atomic E-state index is 12.0. The highest BCUT2D eigenvalue weighted by molar-refractivity contribution is 5.78. The molecule has 0 atom stereocenters. The third kappa shape index (κ3) is 4.69. The smallest absolute Gasteiger partial charge is 0.344 e. The topological polar surface area (TPSA) is 123 Å². The van der Waals surface area contributed by atoms with Crippen molar-refractivity contribution in [2.45, 2.75) is 6.61 Å². The number of fused-ring (bicyclic) bond motifs is 1. The van der Waals surface area contributed by atoms with Crippen molar-refractivity contribution in [1.29, 1.82) is 0 Å². The molecule has 2 aromatic carbocycles. The SMILES string of the molecule is COc1ccc(-c2noc(COC(=O)COc3ccc4ccc(=O)oc4c3)n2)c(OC)c1. The van der Waals surface area contributed by atoms with Crippen molar-refractivity contribution in [1.82, 2.24) is 10.1 Å². The van der Waals surface area contributed by atoms with E-state index in [0.29, 0.717) is 28.4 Å². The van der Waals surface area contributed by atoms with Gasteiger partial charge in [0.15, 0.2) is 13.2 Å². The van der Waals surface area contributed by atoms with E-state index in [4.69, 9.17) is 27.9 Å². The average molecular weight is 438 g/mol. The molecule has 10 nitrogen and oxygen atoms in total. The summed E-state index contributed by atoms with van der Waals surface area (Å²) >= 11 is 0. The molecule has 164 valence electrons. The van der Waals surface area contributed by atoms with Crippen LogP contribution in [0.1, 0.15) is 5.89 Å². The van der Waals surface area contributed by atoms with Crippen LogP contribution in [0, 0.1) is 0 Å². The first-order valence-corrected chi connectivity index (χ1v) is 9.43. The first kappa shape index (κ1) is 20.9. The lowest BCUT2D eigenvalue weighted by Crippen LogP contribution is -2.14. The van der Waals surface area contributed by atoms with Crippen LogP contribution in [0.4, 0.5) is 0 Å². The lowest BCUT2D eigenvalue weighted by Gasteiger charge is -2.07. The zero-order valence-electron chi connectivity index (χ0n) is 17.2. The van der Waals surface area contributed by atoms with Crippen LogP contribution < -0.4 is 19.8 Å². The van der Waals surface area contributed by atoms with E-state index >= 15 is 0 Å². The summed E-state index contributed by atoms with van der Waals surface area (Å²) in [5.41, 5.74) is 0.483. The number of nitrogens with zero attached hydrogens (tertiary/aromatic N) is 2. The number of hydrogen-bond donors (Lipinski definition) is 0. The van der Waals surface area contributed by atoms with E-state index in [1.165, 1.54) is 19.2 Å². The molecule has 2 heterocycles. The van der Waals surface area contributed by atoms with Crippen LogP contribution in [0.3, 0.4) is 0 Å². The second-order valence-corrected chi connectivity index (χ2v) is 6.48. The first-order valence-electron chi connectivity index (χ1n) is 9.43. The Bertz CT molecular complexity index is 1310. The molecule has 2 aromatic heterocycles. The highest BCUT2D eigenvalue weighted by Crippen LogP contribution is 2.31. The van der Waals surface area contributed by atoms with Crippen LogP contribution in [0.2, 0.25) is 0 Å². The van der Waals surface area contributed by atoms with Crippen molar-refractivity contribution in [3.8, 4) is 28.6 Å².